The standard InChI is InChI=1S/C13H17N3O5/c1-20-12-8-10(2-3-11(12)16(18)19)21-9-13(17)15-6-4-14-5-7-15/h2-3,8,14H,4-7,9H2,1H3. The Morgan fingerprint density at radius 2 is 2.14 bits per heavy atom. The van der Waals surface area contributed by atoms with Gasteiger partial charge in [-0.1, -0.05) is 0 Å². The summed E-state index contributed by atoms with van der Waals surface area (Å²) >= 11 is 0. The van der Waals surface area contributed by atoms with Crippen LogP contribution >= 0.6 is 0 Å². The highest BCUT2D eigenvalue weighted by Gasteiger charge is 2.18. The van der Waals surface area contributed by atoms with Crippen LogP contribution in [0.25, 0.3) is 0 Å². The fourth-order valence-corrected chi connectivity index (χ4v) is 2.05. The number of nitrogens with zero attached hydrogens (tertiary/aromatic N) is 2. The number of hydrogen-bond acceptors (Lipinski definition) is 6. The molecule has 2 rings (SSSR count). The van der Waals surface area contributed by atoms with Gasteiger partial charge < -0.3 is 19.7 Å². The smallest absolute Gasteiger partial charge is 0.311 e. The molecule has 1 aliphatic heterocycles. The van der Waals surface area contributed by atoms with Crippen molar-refractivity contribution in [3.05, 3.63) is 28.3 Å². The molecule has 0 aromatic heterocycles. The minimum Gasteiger partial charge on any atom is -0.490 e. The van der Waals surface area contributed by atoms with Gasteiger partial charge in [0.15, 0.2) is 6.61 Å². The molecule has 0 spiro atoms. The Morgan fingerprint density at radius 1 is 1.43 bits per heavy atom. The number of benzene rings is 1. The quantitative estimate of drug-likeness (QED) is 0.625. The zero-order chi connectivity index (χ0) is 15.2. The second kappa shape index (κ2) is 6.89. The summed E-state index contributed by atoms with van der Waals surface area (Å²) in [5.41, 5.74) is -0.140. The van der Waals surface area contributed by atoms with Crippen molar-refractivity contribution in [1.82, 2.24) is 10.2 Å². The minimum absolute atomic E-state index is 0.0963. The van der Waals surface area contributed by atoms with Gasteiger partial charge in [0, 0.05) is 38.3 Å². The third kappa shape index (κ3) is 3.82. The zero-order valence-corrected chi connectivity index (χ0v) is 11.7. The Morgan fingerprint density at radius 3 is 2.76 bits per heavy atom. The van der Waals surface area contributed by atoms with Crippen LogP contribution in [-0.4, -0.2) is 55.6 Å². The first-order valence-corrected chi connectivity index (χ1v) is 6.55. The van der Waals surface area contributed by atoms with Crippen molar-refractivity contribution in [1.29, 1.82) is 0 Å². The molecule has 8 nitrogen and oxygen atoms in total. The van der Waals surface area contributed by atoms with Gasteiger partial charge in [0.25, 0.3) is 5.91 Å². The molecule has 1 heterocycles. The van der Waals surface area contributed by atoms with Crippen molar-refractivity contribution in [3.63, 3.8) is 0 Å². The number of methoxy groups -OCH3 is 1. The molecule has 0 aliphatic carbocycles. The normalized spacial score (nSPS) is 14.6. The summed E-state index contributed by atoms with van der Waals surface area (Å²) in [7, 11) is 1.35. The Labute approximate surface area is 121 Å². The molecule has 0 radical (unpaired) electrons. The molecule has 1 amide bonds. The van der Waals surface area contributed by atoms with Gasteiger partial charge in [-0.25, -0.2) is 0 Å². The van der Waals surface area contributed by atoms with E-state index in [1.165, 1.54) is 25.3 Å². The Bertz CT molecular complexity index is 529. The summed E-state index contributed by atoms with van der Waals surface area (Å²) in [5, 5.41) is 13.9. The van der Waals surface area contributed by atoms with Crippen LogP contribution in [0.1, 0.15) is 0 Å². The molecular weight excluding hydrogens is 278 g/mol. The summed E-state index contributed by atoms with van der Waals surface area (Å²) < 4.78 is 10.3. The van der Waals surface area contributed by atoms with E-state index in [-0.39, 0.29) is 24.0 Å². The number of nitrogens with one attached hydrogen (secondary N) is 1. The first-order chi connectivity index (χ1) is 10.1. The molecule has 21 heavy (non-hydrogen) atoms. The van der Waals surface area contributed by atoms with Gasteiger partial charge in [-0.05, 0) is 6.07 Å². The van der Waals surface area contributed by atoms with Gasteiger partial charge >= 0.3 is 5.69 Å². The Kier molecular flexibility index (Phi) is 4.94. The highest BCUT2D eigenvalue weighted by atomic mass is 16.6. The van der Waals surface area contributed by atoms with Crippen LogP contribution in [0, 0.1) is 10.1 Å². The van der Waals surface area contributed by atoms with Gasteiger partial charge in [0.2, 0.25) is 5.75 Å². The van der Waals surface area contributed by atoms with Gasteiger partial charge in [0.1, 0.15) is 5.75 Å². The fourth-order valence-electron chi connectivity index (χ4n) is 2.05. The van der Waals surface area contributed by atoms with Crippen LogP contribution < -0.4 is 14.8 Å². The van der Waals surface area contributed by atoms with Crippen LogP contribution in [-0.2, 0) is 4.79 Å². The summed E-state index contributed by atoms with van der Waals surface area (Å²) in [5.74, 6) is 0.363. The number of carbonyl (C=O) groups is 1. The molecular formula is C13H17N3O5. The second-order valence-corrected chi connectivity index (χ2v) is 4.51. The van der Waals surface area contributed by atoms with Crippen LogP contribution in [0.3, 0.4) is 0 Å². The van der Waals surface area contributed by atoms with Crippen molar-refractivity contribution in [2.45, 2.75) is 0 Å². The van der Waals surface area contributed by atoms with Gasteiger partial charge in [0.05, 0.1) is 12.0 Å². The molecule has 0 bridgehead atoms. The summed E-state index contributed by atoms with van der Waals surface area (Å²) in [6.07, 6.45) is 0. The fraction of sp³-hybridized carbons (Fsp3) is 0.462. The summed E-state index contributed by atoms with van der Waals surface area (Å²) in [6, 6.07) is 4.15. The number of hydrogen-bond donors (Lipinski definition) is 1. The largest absolute Gasteiger partial charge is 0.490 e. The lowest BCUT2D eigenvalue weighted by atomic mass is 10.3. The number of piperazine rings is 1. The van der Waals surface area contributed by atoms with E-state index in [1.54, 1.807) is 4.90 Å². The van der Waals surface area contributed by atoms with Crippen molar-refractivity contribution in [2.75, 3.05) is 39.9 Å². The summed E-state index contributed by atoms with van der Waals surface area (Å²) in [4.78, 5) is 23.9. The molecule has 1 aromatic carbocycles. The van der Waals surface area contributed by atoms with Crippen molar-refractivity contribution in [3.8, 4) is 11.5 Å². The molecule has 1 N–H and O–H groups in total. The predicted octanol–water partition coefficient (Wildman–Crippen LogP) is 0.414. The number of ether oxygens (including phenoxy) is 2. The number of carbonyl (C=O) groups excluding carboxylic acids is 1. The third-order valence-corrected chi connectivity index (χ3v) is 3.18. The van der Waals surface area contributed by atoms with Gasteiger partial charge in [-0.2, -0.15) is 0 Å². The average molecular weight is 295 g/mol. The maximum absolute atomic E-state index is 11.9. The Balaban J connectivity index is 1.96. The van der Waals surface area contributed by atoms with Crippen LogP contribution in [0.15, 0.2) is 18.2 Å². The number of amides is 1. The number of nitro benzene ring substituents is 1. The molecule has 0 saturated carbocycles. The van der Waals surface area contributed by atoms with Gasteiger partial charge in [-0.15, -0.1) is 0 Å². The van der Waals surface area contributed by atoms with Crippen LogP contribution in [0.2, 0.25) is 0 Å². The van der Waals surface area contributed by atoms with Crippen LogP contribution in [0.4, 0.5) is 5.69 Å². The zero-order valence-electron chi connectivity index (χ0n) is 11.7. The molecule has 8 heteroatoms. The van der Waals surface area contributed by atoms with E-state index in [0.717, 1.165) is 13.1 Å². The first kappa shape index (κ1) is 15.0. The van der Waals surface area contributed by atoms with Gasteiger partial charge in [-0.3, -0.25) is 14.9 Å². The molecule has 1 saturated heterocycles. The molecule has 0 atom stereocenters. The molecule has 1 aliphatic rings. The lowest BCUT2D eigenvalue weighted by molar-refractivity contribution is -0.385. The average Bonchev–Trinajstić information content (AvgIpc) is 2.52. The minimum atomic E-state index is -0.533. The second-order valence-electron chi connectivity index (χ2n) is 4.51. The first-order valence-electron chi connectivity index (χ1n) is 6.55. The number of nitro groups is 1. The van der Waals surface area contributed by atoms with E-state index in [1.807, 2.05) is 0 Å². The number of rotatable bonds is 5. The maximum atomic E-state index is 11.9. The van der Waals surface area contributed by atoms with Crippen molar-refractivity contribution in [2.24, 2.45) is 0 Å². The molecule has 1 aromatic rings. The lowest BCUT2D eigenvalue weighted by Gasteiger charge is -2.27. The highest BCUT2D eigenvalue weighted by Crippen LogP contribution is 2.30. The highest BCUT2D eigenvalue weighted by molar-refractivity contribution is 5.78. The Hall–Kier alpha value is -2.35. The third-order valence-electron chi connectivity index (χ3n) is 3.18. The van der Waals surface area contributed by atoms with E-state index in [4.69, 9.17) is 9.47 Å². The maximum Gasteiger partial charge on any atom is 0.311 e. The lowest BCUT2D eigenvalue weighted by Crippen LogP contribution is -2.47. The van der Waals surface area contributed by atoms with Crippen LogP contribution in [0.5, 0.6) is 11.5 Å². The van der Waals surface area contributed by atoms with E-state index >= 15 is 0 Å². The van der Waals surface area contributed by atoms with Crippen molar-refractivity contribution >= 4 is 11.6 Å². The van der Waals surface area contributed by atoms with E-state index in [0.29, 0.717) is 18.8 Å². The topological polar surface area (TPSA) is 93.9 Å². The van der Waals surface area contributed by atoms with E-state index in [2.05, 4.69) is 5.32 Å². The molecule has 0 unspecified atom stereocenters. The van der Waals surface area contributed by atoms with E-state index in [9.17, 15) is 14.9 Å². The molecule has 1 fully saturated rings. The monoisotopic (exact) mass is 295 g/mol. The predicted molar refractivity (Wildman–Crippen MR) is 74.6 cm³/mol. The molecule has 114 valence electrons. The SMILES string of the molecule is COc1cc(OCC(=O)N2CCNCC2)ccc1[N+](=O)[O-]. The van der Waals surface area contributed by atoms with E-state index < -0.39 is 4.92 Å². The summed E-state index contributed by atoms with van der Waals surface area (Å²) in [6.45, 7) is 2.77. The van der Waals surface area contributed by atoms with Crippen molar-refractivity contribution < 1.29 is 19.2 Å².